The van der Waals surface area contributed by atoms with E-state index in [1.807, 2.05) is 6.92 Å². The molecule has 1 saturated heterocycles. The predicted octanol–water partition coefficient (Wildman–Crippen LogP) is -0.124. The average molecular weight is 372 g/mol. The Morgan fingerprint density at radius 3 is 2.28 bits per heavy atom. The molecule has 1 atom stereocenters. The third-order valence-electron chi connectivity index (χ3n) is 4.68. The number of carbonyl (C=O) groups excluding carboxylic acids is 1. The molecule has 1 aliphatic rings. The number of piperazine rings is 1. The highest BCUT2D eigenvalue weighted by Crippen LogP contribution is 2.15. The van der Waals surface area contributed by atoms with Gasteiger partial charge in [-0.25, -0.2) is 12.8 Å². The molecule has 0 aliphatic carbocycles. The fourth-order valence-corrected chi connectivity index (χ4v) is 4.12. The highest BCUT2D eigenvalue weighted by molar-refractivity contribution is 7.89. The van der Waals surface area contributed by atoms with Gasteiger partial charge in [0.1, 0.15) is 5.82 Å². The van der Waals surface area contributed by atoms with E-state index in [1.165, 1.54) is 16.4 Å². The van der Waals surface area contributed by atoms with Gasteiger partial charge in [-0.1, -0.05) is 13.8 Å². The molecule has 0 bridgehead atoms. The number of amides is 1. The van der Waals surface area contributed by atoms with Crippen LogP contribution in [0.4, 0.5) is 4.39 Å². The number of benzene rings is 1. The van der Waals surface area contributed by atoms with Gasteiger partial charge in [-0.2, -0.15) is 4.31 Å². The van der Waals surface area contributed by atoms with Gasteiger partial charge in [0.05, 0.1) is 31.1 Å². The van der Waals surface area contributed by atoms with Crippen LogP contribution in [-0.2, 0) is 14.8 Å². The predicted molar refractivity (Wildman–Crippen MR) is 93.2 cm³/mol. The number of quaternary nitrogens is 1. The zero-order valence-electron chi connectivity index (χ0n) is 15.0. The van der Waals surface area contributed by atoms with Crippen molar-refractivity contribution in [2.45, 2.75) is 31.7 Å². The lowest BCUT2D eigenvalue weighted by atomic mass is 10.1. The van der Waals surface area contributed by atoms with E-state index in [2.05, 4.69) is 19.2 Å². The molecular formula is C17H27FN3O3S+. The number of nitrogens with zero attached hydrogens (tertiary/aromatic N) is 1. The topological polar surface area (TPSA) is 70.9 Å². The molecule has 1 fully saturated rings. The number of nitrogens with one attached hydrogen (secondary N) is 2. The number of hydrogen-bond acceptors (Lipinski definition) is 3. The van der Waals surface area contributed by atoms with Gasteiger partial charge in [0.25, 0.3) is 5.91 Å². The van der Waals surface area contributed by atoms with Gasteiger partial charge in [0.2, 0.25) is 10.0 Å². The first-order valence-corrected chi connectivity index (χ1v) is 10.0. The first kappa shape index (κ1) is 19.8. The molecule has 8 heteroatoms. The van der Waals surface area contributed by atoms with E-state index in [1.54, 1.807) is 0 Å². The summed E-state index contributed by atoms with van der Waals surface area (Å²) in [5, 5.41) is 2.97. The van der Waals surface area contributed by atoms with Crippen molar-refractivity contribution in [3.8, 4) is 0 Å². The van der Waals surface area contributed by atoms with Crippen molar-refractivity contribution in [2.75, 3.05) is 32.7 Å². The lowest BCUT2D eigenvalue weighted by Gasteiger charge is -2.31. The number of carbonyl (C=O) groups is 1. The number of hydrogen-bond donors (Lipinski definition) is 2. The SMILES string of the molecule is CC(C)[C@H](C)NC(=O)C[NH+]1CCN(S(=O)(=O)c2ccc(F)cc2)CC1. The molecule has 6 nitrogen and oxygen atoms in total. The maximum Gasteiger partial charge on any atom is 0.275 e. The highest BCUT2D eigenvalue weighted by atomic mass is 32.2. The van der Waals surface area contributed by atoms with E-state index in [-0.39, 0.29) is 16.8 Å². The minimum Gasteiger partial charge on any atom is -0.348 e. The Labute approximate surface area is 149 Å². The Hall–Kier alpha value is -1.51. The van der Waals surface area contributed by atoms with E-state index in [0.717, 1.165) is 17.0 Å². The molecule has 0 spiro atoms. The van der Waals surface area contributed by atoms with Crippen molar-refractivity contribution >= 4 is 15.9 Å². The molecule has 1 amide bonds. The van der Waals surface area contributed by atoms with Crippen LogP contribution in [-0.4, -0.2) is 57.4 Å². The summed E-state index contributed by atoms with van der Waals surface area (Å²) >= 11 is 0. The Morgan fingerprint density at radius 2 is 1.76 bits per heavy atom. The summed E-state index contributed by atoms with van der Waals surface area (Å²) in [5.74, 6) is -0.0995. The second-order valence-corrected chi connectivity index (χ2v) is 8.82. The van der Waals surface area contributed by atoms with E-state index >= 15 is 0 Å². The highest BCUT2D eigenvalue weighted by Gasteiger charge is 2.31. The van der Waals surface area contributed by atoms with E-state index in [9.17, 15) is 17.6 Å². The normalized spacial score (nSPS) is 18.3. The zero-order chi connectivity index (χ0) is 18.6. The summed E-state index contributed by atoms with van der Waals surface area (Å²) in [6.07, 6.45) is 0. The molecule has 1 aliphatic heterocycles. The first-order valence-electron chi connectivity index (χ1n) is 8.59. The number of halogens is 1. The summed E-state index contributed by atoms with van der Waals surface area (Å²) < 4.78 is 39.5. The molecule has 0 radical (unpaired) electrons. The minimum atomic E-state index is -3.61. The molecule has 2 rings (SSSR count). The molecule has 25 heavy (non-hydrogen) atoms. The van der Waals surface area contributed by atoms with Crippen LogP contribution in [0.25, 0.3) is 0 Å². The lowest BCUT2D eigenvalue weighted by molar-refractivity contribution is -0.895. The van der Waals surface area contributed by atoms with Crippen molar-refractivity contribution in [2.24, 2.45) is 5.92 Å². The Morgan fingerprint density at radius 1 is 1.20 bits per heavy atom. The van der Waals surface area contributed by atoms with Gasteiger partial charge in [0, 0.05) is 6.04 Å². The van der Waals surface area contributed by atoms with Gasteiger partial charge in [-0.05, 0) is 37.1 Å². The molecule has 1 aromatic rings. The van der Waals surface area contributed by atoms with Crippen LogP contribution in [0.1, 0.15) is 20.8 Å². The van der Waals surface area contributed by atoms with Gasteiger partial charge in [0.15, 0.2) is 6.54 Å². The Bertz CT molecular complexity index is 684. The van der Waals surface area contributed by atoms with Gasteiger partial charge >= 0.3 is 0 Å². The second kappa shape index (κ2) is 8.25. The van der Waals surface area contributed by atoms with Crippen LogP contribution in [0.3, 0.4) is 0 Å². The van der Waals surface area contributed by atoms with Gasteiger partial charge < -0.3 is 10.2 Å². The van der Waals surface area contributed by atoms with Crippen LogP contribution < -0.4 is 10.2 Å². The van der Waals surface area contributed by atoms with Crippen LogP contribution in [0.5, 0.6) is 0 Å². The van der Waals surface area contributed by atoms with Crippen LogP contribution in [0.2, 0.25) is 0 Å². The summed E-state index contributed by atoms with van der Waals surface area (Å²) in [4.78, 5) is 13.2. The lowest BCUT2D eigenvalue weighted by Crippen LogP contribution is -3.15. The van der Waals surface area contributed by atoms with Gasteiger partial charge in [-0.3, -0.25) is 4.79 Å². The van der Waals surface area contributed by atoms with Crippen molar-refractivity contribution in [1.82, 2.24) is 9.62 Å². The molecule has 1 heterocycles. The third kappa shape index (κ3) is 5.23. The first-order chi connectivity index (χ1) is 11.7. The quantitative estimate of drug-likeness (QED) is 0.731. The van der Waals surface area contributed by atoms with E-state index in [0.29, 0.717) is 38.6 Å². The minimum absolute atomic E-state index is 0.00829. The molecule has 0 unspecified atom stereocenters. The maximum atomic E-state index is 13.0. The molecular weight excluding hydrogens is 345 g/mol. The van der Waals surface area contributed by atoms with Gasteiger partial charge in [-0.15, -0.1) is 0 Å². The standard InChI is InChI=1S/C17H26FN3O3S/c1-13(2)14(3)19-17(22)12-20-8-10-21(11-9-20)25(23,24)16-6-4-15(18)5-7-16/h4-7,13-14H,8-12H2,1-3H3,(H,19,22)/p+1/t14-/m0/s1. The van der Waals surface area contributed by atoms with E-state index in [4.69, 9.17) is 0 Å². The van der Waals surface area contributed by atoms with Crippen molar-refractivity contribution < 1.29 is 22.5 Å². The van der Waals surface area contributed by atoms with Crippen molar-refractivity contribution in [3.63, 3.8) is 0 Å². The molecule has 0 saturated carbocycles. The smallest absolute Gasteiger partial charge is 0.275 e. The Kier molecular flexibility index (Phi) is 6.53. The fraction of sp³-hybridized carbons (Fsp3) is 0.588. The average Bonchev–Trinajstić information content (AvgIpc) is 2.55. The fourth-order valence-electron chi connectivity index (χ4n) is 2.67. The van der Waals surface area contributed by atoms with Crippen molar-refractivity contribution in [1.29, 1.82) is 0 Å². The number of rotatable bonds is 6. The summed E-state index contributed by atoms with van der Waals surface area (Å²) in [6.45, 7) is 8.28. The van der Waals surface area contributed by atoms with E-state index < -0.39 is 15.8 Å². The zero-order valence-corrected chi connectivity index (χ0v) is 15.8. The summed E-state index contributed by atoms with van der Waals surface area (Å²) in [7, 11) is -3.61. The summed E-state index contributed by atoms with van der Waals surface area (Å²) in [5.41, 5.74) is 0. The molecule has 140 valence electrons. The molecule has 0 aromatic heterocycles. The molecule has 2 N–H and O–H groups in total. The second-order valence-electron chi connectivity index (χ2n) is 6.88. The van der Waals surface area contributed by atoms with Crippen LogP contribution >= 0.6 is 0 Å². The summed E-state index contributed by atoms with van der Waals surface area (Å²) in [6, 6.07) is 4.98. The monoisotopic (exact) mass is 372 g/mol. The maximum absolute atomic E-state index is 13.0. The van der Waals surface area contributed by atoms with Crippen LogP contribution in [0.15, 0.2) is 29.2 Å². The largest absolute Gasteiger partial charge is 0.348 e. The van der Waals surface area contributed by atoms with Crippen LogP contribution in [0, 0.1) is 11.7 Å². The molecule has 1 aromatic carbocycles. The third-order valence-corrected chi connectivity index (χ3v) is 6.59. The Balaban J connectivity index is 1.89. The van der Waals surface area contributed by atoms with Crippen molar-refractivity contribution in [3.05, 3.63) is 30.1 Å². The number of sulfonamides is 1.